The zero-order valence-electron chi connectivity index (χ0n) is 8.15. The average molecular weight is 217 g/mol. The van der Waals surface area contributed by atoms with Crippen LogP contribution in [0.2, 0.25) is 5.02 Å². The van der Waals surface area contributed by atoms with Crippen molar-refractivity contribution >= 4 is 17.4 Å². The molecule has 0 saturated heterocycles. The van der Waals surface area contributed by atoms with Crippen molar-refractivity contribution in [3.05, 3.63) is 28.0 Å². The topological polar surface area (TPSA) is 26.3 Å². The second-order valence-corrected chi connectivity index (χ2v) is 3.34. The summed E-state index contributed by atoms with van der Waals surface area (Å²) in [4.78, 5) is 11.1. The van der Waals surface area contributed by atoms with E-state index in [9.17, 15) is 9.18 Å². The molecule has 0 aliphatic carbocycles. The van der Waals surface area contributed by atoms with Crippen LogP contribution >= 0.6 is 11.6 Å². The van der Waals surface area contributed by atoms with Crippen LogP contribution in [0, 0.1) is 12.7 Å². The largest absolute Gasteiger partial charge is 0.496 e. The van der Waals surface area contributed by atoms with Crippen LogP contribution in [0.15, 0.2) is 6.07 Å². The van der Waals surface area contributed by atoms with Crippen LogP contribution in [0.3, 0.4) is 0 Å². The van der Waals surface area contributed by atoms with Crippen molar-refractivity contribution in [3.8, 4) is 5.75 Å². The summed E-state index contributed by atoms with van der Waals surface area (Å²) < 4.78 is 18.5. The normalized spacial score (nSPS) is 10.1. The SMILES string of the molecule is COc1cc(Cl)c(C(C)=O)c(F)c1C. The Morgan fingerprint density at radius 2 is 2.14 bits per heavy atom. The molecule has 0 aliphatic rings. The molecule has 0 fully saturated rings. The minimum Gasteiger partial charge on any atom is -0.496 e. The van der Waals surface area contributed by atoms with E-state index in [1.807, 2.05) is 0 Å². The first-order valence-corrected chi connectivity index (χ1v) is 4.40. The molecule has 0 saturated carbocycles. The third kappa shape index (κ3) is 1.73. The molecule has 0 aliphatic heterocycles. The summed E-state index contributed by atoms with van der Waals surface area (Å²) in [5.41, 5.74) is 0.215. The molecule has 0 heterocycles. The lowest BCUT2D eigenvalue weighted by Crippen LogP contribution is -2.02. The lowest BCUT2D eigenvalue weighted by atomic mass is 10.1. The number of benzene rings is 1. The molecule has 0 spiro atoms. The lowest BCUT2D eigenvalue weighted by molar-refractivity contribution is 0.101. The maximum absolute atomic E-state index is 13.6. The van der Waals surface area contributed by atoms with Gasteiger partial charge < -0.3 is 4.74 Å². The molecule has 0 unspecified atom stereocenters. The van der Waals surface area contributed by atoms with Crippen LogP contribution in [0.25, 0.3) is 0 Å². The number of carbonyl (C=O) groups is 1. The molecule has 0 aromatic heterocycles. The first-order chi connectivity index (χ1) is 6.49. The van der Waals surface area contributed by atoms with Crippen molar-refractivity contribution < 1.29 is 13.9 Å². The zero-order chi connectivity index (χ0) is 10.9. The summed E-state index contributed by atoms with van der Waals surface area (Å²) in [5, 5.41) is 0.0810. The highest BCUT2D eigenvalue weighted by atomic mass is 35.5. The van der Waals surface area contributed by atoms with Gasteiger partial charge in [0.05, 0.1) is 17.7 Å². The molecule has 0 N–H and O–H groups in total. The van der Waals surface area contributed by atoms with Gasteiger partial charge in [0.25, 0.3) is 0 Å². The molecular weight excluding hydrogens is 207 g/mol. The molecule has 1 rings (SSSR count). The van der Waals surface area contributed by atoms with E-state index in [4.69, 9.17) is 16.3 Å². The van der Waals surface area contributed by atoms with Gasteiger partial charge in [-0.3, -0.25) is 4.79 Å². The minimum atomic E-state index is -0.609. The Morgan fingerprint density at radius 1 is 1.57 bits per heavy atom. The van der Waals surface area contributed by atoms with Gasteiger partial charge in [0.2, 0.25) is 0 Å². The predicted molar refractivity (Wildman–Crippen MR) is 52.7 cm³/mol. The quantitative estimate of drug-likeness (QED) is 0.711. The molecule has 1 aromatic carbocycles. The van der Waals surface area contributed by atoms with E-state index in [-0.39, 0.29) is 10.6 Å². The van der Waals surface area contributed by atoms with Gasteiger partial charge in [-0.25, -0.2) is 4.39 Å². The first kappa shape index (κ1) is 11.0. The smallest absolute Gasteiger partial charge is 0.164 e. The molecule has 0 amide bonds. The highest BCUT2D eigenvalue weighted by molar-refractivity contribution is 6.34. The standard InChI is InChI=1S/C10H10ClFO2/c1-5-8(14-3)4-7(11)9(6(2)13)10(5)12/h4H,1-3H3. The monoisotopic (exact) mass is 216 g/mol. The number of hydrogen-bond acceptors (Lipinski definition) is 2. The highest BCUT2D eigenvalue weighted by Crippen LogP contribution is 2.30. The number of Topliss-reactive ketones (excluding diaryl/α,β-unsaturated/α-hetero) is 1. The zero-order valence-corrected chi connectivity index (χ0v) is 8.91. The molecular formula is C10H10ClFO2. The van der Waals surface area contributed by atoms with E-state index < -0.39 is 11.6 Å². The first-order valence-electron chi connectivity index (χ1n) is 4.02. The molecule has 0 bridgehead atoms. The Morgan fingerprint density at radius 3 is 2.57 bits per heavy atom. The summed E-state index contributed by atoms with van der Waals surface area (Å²) in [6.45, 7) is 2.81. The third-order valence-corrected chi connectivity index (χ3v) is 2.29. The Kier molecular flexibility index (Phi) is 3.11. The maximum Gasteiger partial charge on any atom is 0.164 e. The molecule has 2 nitrogen and oxygen atoms in total. The summed E-state index contributed by atoms with van der Waals surface area (Å²) in [7, 11) is 1.42. The van der Waals surface area contributed by atoms with Gasteiger partial charge in [-0.05, 0) is 19.9 Å². The molecule has 76 valence electrons. The van der Waals surface area contributed by atoms with Crippen LogP contribution in [0.4, 0.5) is 4.39 Å². The van der Waals surface area contributed by atoms with Gasteiger partial charge in [-0.15, -0.1) is 0 Å². The molecule has 0 radical (unpaired) electrons. The van der Waals surface area contributed by atoms with Crippen molar-refractivity contribution in [3.63, 3.8) is 0 Å². The van der Waals surface area contributed by atoms with E-state index in [1.165, 1.54) is 27.0 Å². The summed E-state index contributed by atoms with van der Waals surface area (Å²) in [6, 6.07) is 1.44. The molecule has 0 atom stereocenters. The predicted octanol–water partition coefficient (Wildman–Crippen LogP) is 3.00. The lowest BCUT2D eigenvalue weighted by Gasteiger charge is -2.09. The fourth-order valence-corrected chi connectivity index (χ4v) is 1.55. The van der Waals surface area contributed by atoms with E-state index in [1.54, 1.807) is 0 Å². The van der Waals surface area contributed by atoms with Crippen LogP contribution in [0.1, 0.15) is 22.8 Å². The van der Waals surface area contributed by atoms with Crippen LogP contribution in [0.5, 0.6) is 5.75 Å². The number of methoxy groups -OCH3 is 1. The second kappa shape index (κ2) is 3.96. The van der Waals surface area contributed by atoms with Gasteiger partial charge in [0.15, 0.2) is 5.78 Å². The van der Waals surface area contributed by atoms with E-state index in [0.29, 0.717) is 11.3 Å². The van der Waals surface area contributed by atoms with Crippen molar-refractivity contribution in [1.82, 2.24) is 0 Å². The summed E-state index contributed by atoms with van der Waals surface area (Å²) in [5.74, 6) is -0.655. The van der Waals surface area contributed by atoms with Crippen LogP contribution < -0.4 is 4.74 Å². The van der Waals surface area contributed by atoms with E-state index in [2.05, 4.69) is 0 Å². The van der Waals surface area contributed by atoms with Gasteiger partial charge in [0, 0.05) is 5.56 Å². The Balaban J connectivity index is 3.49. The average Bonchev–Trinajstić information content (AvgIpc) is 2.10. The van der Waals surface area contributed by atoms with Gasteiger partial charge in [-0.2, -0.15) is 0 Å². The number of halogens is 2. The summed E-state index contributed by atoms with van der Waals surface area (Å²) in [6.07, 6.45) is 0. The van der Waals surface area contributed by atoms with Crippen LogP contribution in [-0.2, 0) is 0 Å². The number of carbonyl (C=O) groups excluding carboxylic acids is 1. The highest BCUT2D eigenvalue weighted by Gasteiger charge is 2.17. The fraction of sp³-hybridized carbons (Fsp3) is 0.300. The fourth-order valence-electron chi connectivity index (χ4n) is 1.23. The van der Waals surface area contributed by atoms with Crippen molar-refractivity contribution in [1.29, 1.82) is 0 Å². The number of rotatable bonds is 2. The van der Waals surface area contributed by atoms with Crippen molar-refractivity contribution in [2.45, 2.75) is 13.8 Å². The third-order valence-electron chi connectivity index (χ3n) is 1.99. The maximum atomic E-state index is 13.6. The molecule has 14 heavy (non-hydrogen) atoms. The van der Waals surface area contributed by atoms with Crippen molar-refractivity contribution in [2.75, 3.05) is 7.11 Å². The van der Waals surface area contributed by atoms with E-state index >= 15 is 0 Å². The Hall–Kier alpha value is -1.09. The number of ether oxygens (including phenoxy) is 1. The van der Waals surface area contributed by atoms with E-state index in [0.717, 1.165) is 0 Å². The van der Waals surface area contributed by atoms with Gasteiger partial charge in [-0.1, -0.05) is 11.6 Å². The Bertz CT molecular complexity index is 388. The van der Waals surface area contributed by atoms with Crippen LogP contribution in [-0.4, -0.2) is 12.9 Å². The number of ketones is 1. The minimum absolute atomic E-state index is 0.0787. The number of hydrogen-bond donors (Lipinski definition) is 0. The summed E-state index contributed by atoms with van der Waals surface area (Å²) >= 11 is 5.74. The molecule has 1 aromatic rings. The second-order valence-electron chi connectivity index (χ2n) is 2.93. The molecule has 4 heteroatoms. The van der Waals surface area contributed by atoms with Crippen molar-refractivity contribution in [2.24, 2.45) is 0 Å². The van der Waals surface area contributed by atoms with Gasteiger partial charge >= 0.3 is 0 Å². The van der Waals surface area contributed by atoms with Gasteiger partial charge in [0.1, 0.15) is 11.6 Å². The Labute approximate surface area is 86.6 Å².